The lowest BCUT2D eigenvalue weighted by Gasteiger charge is -2.17. The maximum atomic E-state index is 13.1. The minimum absolute atomic E-state index is 0. The fourth-order valence-electron chi connectivity index (χ4n) is 1.11. The molecule has 0 unspecified atom stereocenters. The summed E-state index contributed by atoms with van der Waals surface area (Å²) >= 11 is 0. The Labute approximate surface area is 95.5 Å². The zero-order chi connectivity index (χ0) is 11.8. The van der Waals surface area contributed by atoms with Crippen molar-refractivity contribution in [3.63, 3.8) is 0 Å². The monoisotopic (exact) mass is 259 g/mol. The molecule has 0 bridgehead atoms. The van der Waals surface area contributed by atoms with Gasteiger partial charge in [-0.2, -0.15) is 13.2 Å². The normalized spacial score (nSPS) is 13.1. The van der Waals surface area contributed by atoms with E-state index in [9.17, 15) is 17.6 Å². The molecule has 7 heteroatoms. The van der Waals surface area contributed by atoms with E-state index in [1.807, 2.05) is 0 Å². The van der Waals surface area contributed by atoms with E-state index in [2.05, 4.69) is 0 Å². The van der Waals surface area contributed by atoms with Crippen molar-refractivity contribution in [3.05, 3.63) is 29.1 Å². The van der Waals surface area contributed by atoms with Gasteiger partial charge >= 0.3 is 6.18 Å². The second-order valence-electron chi connectivity index (χ2n) is 3.15. The van der Waals surface area contributed by atoms with Gasteiger partial charge in [-0.3, -0.25) is 0 Å². The predicted molar refractivity (Wildman–Crippen MR) is 53.0 cm³/mol. The van der Waals surface area contributed by atoms with Gasteiger partial charge in [-0.1, -0.05) is 12.1 Å². The fourth-order valence-corrected chi connectivity index (χ4v) is 1.11. The maximum absolute atomic E-state index is 13.1. The van der Waals surface area contributed by atoms with E-state index in [1.54, 1.807) is 0 Å². The molecule has 0 radical (unpaired) electrons. The number of benzene rings is 1. The summed E-state index contributed by atoms with van der Waals surface area (Å²) in [5, 5.41) is 9.16. The number of nitrogens with two attached hydrogens (primary N) is 1. The van der Waals surface area contributed by atoms with Crippen molar-refractivity contribution in [3.8, 4) is 5.75 Å². The van der Waals surface area contributed by atoms with E-state index in [0.717, 1.165) is 12.1 Å². The average molecular weight is 260 g/mol. The van der Waals surface area contributed by atoms with Crippen LogP contribution in [0.25, 0.3) is 0 Å². The Bertz CT molecular complexity index is 381. The van der Waals surface area contributed by atoms with Gasteiger partial charge in [0.2, 0.25) is 0 Å². The summed E-state index contributed by atoms with van der Waals surface area (Å²) in [6, 6.07) is -0.283. The number of aryl methyl sites for hydroxylation is 1. The standard InChI is InChI=1S/C9H9F4NO.ClH/c1-4-2-3-5(7(15)6(4)10)8(14)9(11,12)13;/h2-3,8,15H,14H2,1H3;1H/t8-;/m1./s1. The number of halogens is 5. The van der Waals surface area contributed by atoms with Gasteiger partial charge in [0.05, 0.1) is 0 Å². The van der Waals surface area contributed by atoms with Crippen molar-refractivity contribution in [1.82, 2.24) is 0 Å². The highest BCUT2D eigenvalue weighted by atomic mass is 35.5. The molecule has 0 amide bonds. The van der Waals surface area contributed by atoms with Crippen LogP contribution in [0.5, 0.6) is 5.75 Å². The summed E-state index contributed by atoms with van der Waals surface area (Å²) in [4.78, 5) is 0. The van der Waals surface area contributed by atoms with Crippen molar-refractivity contribution >= 4 is 12.4 Å². The number of aromatic hydroxyl groups is 1. The van der Waals surface area contributed by atoms with Crippen LogP contribution in [0, 0.1) is 12.7 Å². The predicted octanol–water partition coefficient (Wildman–Crippen LogP) is 2.82. The summed E-state index contributed by atoms with van der Waals surface area (Å²) in [5.74, 6) is -2.12. The highest BCUT2D eigenvalue weighted by Gasteiger charge is 2.39. The number of hydrogen-bond acceptors (Lipinski definition) is 2. The third-order valence-corrected chi connectivity index (χ3v) is 2.03. The van der Waals surface area contributed by atoms with Gasteiger partial charge in [0.25, 0.3) is 0 Å². The minimum Gasteiger partial charge on any atom is -0.505 e. The molecule has 1 aromatic carbocycles. The van der Waals surface area contributed by atoms with Crippen LogP contribution in [-0.4, -0.2) is 11.3 Å². The lowest BCUT2D eigenvalue weighted by atomic mass is 10.0. The Hall–Kier alpha value is -1.01. The molecule has 16 heavy (non-hydrogen) atoms. The number of phenolic OH excluding ortho intramolecular Hbond substituents is 1. The first-order valence-electron chi connectivity index (χ1n) is 4.05. The molecule has 1 rings (SSSR count). The smallest absolute Gasteiger partial charge is 0.407 e. The quantitative estimate of drug-likeness (QED) is 0.762. The largest absolute Gasteiger partial charge is 0.505 e. The van der Waals surface area contributed by atoms with Crippen molar-refractivity contribution in [2.75, 3.05) is 0 Å². The molecule has 0 heterocycles. The lowest BCUT2D eigenvalue weighted by molar-refractivity contribution is -0.149. The minimum atomic E-state index is -4.71. The van der Waals surface area contributed by atoms with Crippen LogP contribution in [0.4, 0.5) is 17.6 Å². The molecular formula is C9H10ClF4NO. The molecular weight excluding hydrogens is 250 g/mol. The molecule has 0 saturated carbocycles. The molecule has 1 atom stereocenters. The Morgan fingerprint density at radius 1 is 1.31 bits per heavy atom. The average Bonchev–Trinajstić information content (AvgIpc) is 2.12. The van der Waals surface area contributed by atoms with Gasteiger partial charge in [-0.05, 0) is 12.5 Å². The molecule has 1 aromatic rings. The summed E-state index contributed by atoms with van der Waals surface area (Å²) in [6.07, 6.45) is -4.71. The van der Waals surface area contributed by atoms with Crippen molar-refractivity contribution in [1.29, 1.82) is 0 Å². The summed E-state index contributed by atoms with van der Waals surface area (Å²) < 4.78 is 49.6. The number of phenols is 1. The van der Waals surface area contributed by atoms with E-state index in [-0.39, 0.29) is 18.0 Å². The maximum Gasteiger partial charge on any atom is 0.407 e. The Kier molecular flexibility index (Phi) is 4.57. The molecule has 0 aliphatic rings. The first-order valence-corrected chi connectivity index (χ1v) is 4.05. The van der Waals surface area contributed by atoms with E-state index < -0.39 is 29.3 Å². The number of rotatable bonds is 1. The van der Waals surface area contributed by atoms with Crippen LogP contribution in [0.3, 0.4) is 0 Å². The zero-order valence-electron chi connectivity index (χ0n) is 8.18. The lowest BCUT2D eigenvalue weighted by Crippen LogP contribution is -2.28. The zero-order valence-corrected chi connectivity index (χ0v) is 8.99. The van der Waals surface area contributed by atoms with Gasteiger partial charge < -0.3 is 10.8 Å². The van der Waals surface area contributed by atoms with Crippen LogP contribution in [0.2, 0.25) is 0 Å². The molecule has 0 spiro atoms. The van der Waals surface area contributed by atoms with Gasteiger partial charge in [-0.25, -0.2) is 4.39 Å². The van der Waals surface area contributed by atoms with Gasteiger partial charge in [-0.15, -0.1) is 12.4 Å². The van der Waals surface area contributed by atoms with Gasteiger partial charge in [0.15, 0.2) is 11.6 Å². The second-order valence-corrected chi connectivity index (χ2v) is 3.15. The molecule has 92 valence electrons. The highest BCUT2D eigenvalue weighted by molar-refractivity contribution is 5.85. The second kappa shape index (κ2) is 4.88. The van der Waals surface area contributed by atoms with Crippen LogP contribution in [0.15, 0.2) is 12.1 Å². The highest BCUT2D eigenvalue weighted by Crippen LogP contribution is 2.36. The van der Waals surface area contributed by atoms with Crippen LogP contribution >= 0.6 is 12.4 Å². The van der Waals surface area contributed by atoms with E-state index >= 15 is 0 Å². The van der Waals surface area contributed by atoms with E-state index in [0.29, 0.717) is 0 Å². The molecule has 3 N–H and O–H groups in total. The first-order chi connectivity index (χ1) is 6.75. The SMILES string of the molecule is Cc1ccc([C@@H](N)C(F)(F)F)c(O)c1F.Cl. The third kappa shape index (κ3) is 2.76. The molecule has 0 aromatic heterocycles. The molecule has 0 aliphatic carbocycles. The van der Waals surface area contributed by atoms with Gasteiger partial charge in [0.1, 0.15) is 6.04 Å². The molecule has 0 fully saturated rings. The number of alkyl halides is 3. The van der Waals surface area contributed by atoms with Crippen LogP contribution in [-0.2, 0) is 0 Å². The van der Waals surface area contributed by atoms with E-state index in [4.69, 9.17) is 10.8 Å². The Morgan fingerprint density at radius 2 is 1.81 bits per heavy atom. The molecule has 2 nitrogen and oxygen atoms in total. The fraction of sp³-hybridized carbons (Fsp3) is 0.333. The summed E-state index contributed by atoms with van der Waals surface area (Å²) in [5.41, 5.74) is 4.24. The summed E-state index contributed by atoms with van der Waals surface area (Å²) in [6.45, 7) is 1.33. The molecule has 0 aliphatic heterocycles. The van der Waals surface area contributed by atoms with Crippen LogP contribution in [0.1, 0.15) is 17.2 Å². The summed E-state index contributed by atoms with van der Waals surface area (Å²) in [7, 11) is 0. The Morgan fingerprint density at radius 3 is 2.25 bits per heavy atom. The molecule has 0 saturated heterocycles. The van der Waals surface area contributed by atoms with Crippen molar-refractivity contribution in [2.45, 2.75) is 19.1 Å². The first kappa shape index (κ1) is 15.0. The van der Waals surface area contributed by atoms with Gasteiger partial charge in [0, 0.05) is 5.56 Å². The van der Waals surface area contributed by atoms with Crippen molar-refractivity contribution < 1.29 is 22.7 Å². The van der Waals surface area contributed by atoms with E-state index in [1.165, 1.54) is 6.92 Å². The third-order valence-electron chi connectivity index (χ3n) is 2.03. The van der Waals surface area contributed by atoms with Crippen molar-refractivity contribution in [2.24, 2.45) is 5.73 Å². The van der Waals surface area contributed by atoms with Crippen LogP contribution < -0.4 is 5.73 Å². The topological polar surface area (TPSA) is 46.2 Å². The number of hydrogen-bond donors (Lipinski definition) is 2. The Balaban J connectivity index is 0.00000225.